The summed E-state index contributed by atoms with van der Waals surface area (Å²) in [7, 11) is 1.43. The van der Waals surface area contributed by atoms with Crippen LogP contribution in [0.2, 0.25) is 0 Å². The van der Waals surface area contributed by atoms with Crippen molar-refractivity contribution in [1.29, 1.82) is 0 Å². The van der Waals surface area contributed by atoms with Gasteiger partial charge in [0.25, 0.3) is 0 Å². The molecule has 3 rings (SSSR count). The van der Waals surface area contributed by atoms with Crippen molar-refractivity contribution in [3.63, 3.8) is 0 Å². The smallest absolute Gasteiger partial charge is 0.430 e. The Morgan fingerprint density at radius 1 is 1.42 bits per heavy atom. The van der Waals surface area contributed by atoms with Crippen LogP contribution in [0.5, 0.6) is 5.75 Å². The van der Waals surface area contributed by atoms with Crippen LogP contribution in [0.4, 0.5) is 24.5 Å². The number of halogens is 3. The lowest BCUT2D eigenvalue weighted by Gasteiger charge is -2.34. The monoisotopic (exact) mass is 272 g/mol. The molecule has 2 aliphatic heterocycles. The van der Waals surface area contributed by atoms with Crippen LogP contribution in [-0.4, -0.2) is 24.9 Å². The Labute approximate surface area is 107 Å². The first-order valence-electron chi connectivity index (χ1n) is 5.75. The number of carbonyl (C=O) groups is 1. The summed E-state index contributed by atoms with van der Waals surface area (Å²) in [5, 5.41) is 2.46. The minimum absolute atomic E-state index is 0.113. The summed E-state index contributed by atoms with van der Waals surface area (Å²) < 4.78 is 45.0. The molecule has 0 radical (unpaired) electrons. The van der Waals surface area contributed by atoms with Crippen LogP contribution in [0, 0.1) is 0 Å². The molecule has 1 fully saturated rings. The SMILES string of the molecule is COc1ccc2c(c1)NC1(C(F)(F)F)CCC(=O)N21. The van der Waals surface area contributed by atoms with E-state index in [0.717, 1.165) is 4.90 Å². The molecular formula is C12H11F3N2O2. The van der Waals surface area contributed by atoms with Gasteiger partial charge in [-0.3, -0.25) is 9.69 Å². The van der Waals surface area contributed by atoms with Crippen LogP contribution in [0.15, 0.2) is 18.2 Å². The zero-order chi connectivity index (χ0) is 13.8. The summed E-state index contributed by atoms with van der Waals surface area (Å²) in [6.45, 7) is 0. The number of anilines is 2. The average molecular weight is 272 g/mol. The number of hydrogen-bond donors (Lipinski definition) is 1. The molecule has 1 aromatic rings. The van der Waals surface area contributed by atoms with E-state index >= 15 is 0 Å². The van der Waals surface area contributed by atoms with Crippen molar-refractivity contribution in [1.82, 2.24) is 0 Å². The Hall–Kier alpha value is -1.92. The third kappa shape index (κ3) is 1.44. The predicted molar refractivity (Wildman–Crippen MR) is 62.1 cm³/mol. The fraction of sp³-hybridized carbons (Fsp3) is 0.417. The highest BCUT2D eigenvalue weighted by Crippen LogP contribution is 2.53. The van der Waals surface area contributed by atoms with Crippen molar-refractivity contribution >= 4 is 17.3 Å². The first-order chi connectivity index (χ1) is 8.89. The second-order valence-corrected chi connectivity index (χ2v) is 4.60. The molecule has 1 aromatic carbocycles. The van der Waals surface area contributed by atoms with Crippen LogP contribution >= 0.6 is 0 Å². The third-order valence-corrected chi connectivity index (χ3v) is 3.59. The van der Waals surface area contributed by atoms with Gasteiger partial charge in [0, 0.05) is 18.9 Å². The lowest BCUT2D eigenvalue weighted by Crippen LogP contribution is -2.58. The van der Waals surface area contributed by atoms with Gasteiger partial charge in [-0.1, -0.05) is 0 Å². The number of nitrogens with one attached hydrogen (secondary N) is 1. The van der Waals surface area contributed by atoms with E-state index in [1.54, 1.807) is 6.07 Å². The molecule has 1 saturated heterocycles. The Morgan fingerprint density at radius 3 is 2.79 bits per heavy atom. The van der Waals surface area contributed by atoms with Crippen LogP contribution < -0.4 is 15.0 Å². The Bertz CT molecular complexity index is 558. The minimum atomic E-state index is -4.54. The van der Waals surface area contributed by atoms with Crippen molar-refractivity contribution < 1.29 is 22.7 Å². The number of benzene rings is 1. The lowest BCUT2D eigenvalue weighted by molar-refractivity contribution is -0.175. The zero-order valence-corrected chi connectivity index (χ0v) is 10.0. The maximum atomic E-state index is 13.3. The molecule has 7 heteroatoms. The second-order valence-electron chi connectivity index (χ2n) is 4.60. The van der Waals surface area contributed by atoms with Gasteiger partial charge >= 0.3 is 6.18 Å². The van der Waals surface area contributed by atoms with E-state index in [1.165, 1.54) is 19.2 Å². The molecule has 0 spiro atoms. The molecule has 0 aromatic heterocycles. The highest BCUT2D eigenvalue weighted by molar-refractivity contribution is 6.04. The van der Waals surface area contributed by atoms with E-state index in [9.17, 15) is 18.0 Å². The van der Waals surface area contributed by atoms with Crippen molar-refractivity contribution in [3.8, 4) is 5.75 Å². The molecule has 1 N–H and O–H groups in total. The van der Waals surface area contributed by atoms with Crippen molar-refractivity contribution in [2.45, 2.75) is 24.7 Å². The fourth-order valence-electron chi connectivity index (χ4n) is 2.68. The van der Waals surface area contributed by atoms with Gasteiger partial charge in [-0.05, 0) is 12.1 Å². The number of nitrogens with zero attached hydrogens (tertiary/aromatic N) is 1. The minimum Gasteiger partial charge on any atom is -0.497 e. The normalized spacial score (nSPS) is 25.1. The number of alkyl halides is 3. The molecule has 1 atom stereocenters. The van der Waals surface area contributed by atoms with E-state index in [1.807, 2.05) is 0 Å². The summed E-state index contributed by atoms with van der Waals surface area (Å²) >= 11 is 0. The number of amides is 1. The van der Waals surface area contributed by atoms with Crippen LogP contribution in [0.1, 0.15) is 12.8 Å². The standard InChI is InChI=1S/C12H11F3N2O2/c1-19-7-2-3-9-8(6-7)16-11(12(13,14)15)5-4-10(18)17(9)11/h2-3,6,16H,4-5H2,1H3. The largest absolute Gasteiger partial charge is 0.497 e. The summed E-state index contributed by atoms with van der Waals surface area (Å²) in [5.41, 5.74) is -1.79. The molecule has 102 valence electrons. The predicted octanol–water partition coefficient (Wildman–Crippen LogP) is 2.51. The molecule has 0 bridgehead atoms. The second kappa shape index (κ2) is 3.55. The Balaban J connectivity index is 2.14. The fourth-order valence-corrected chi connectivity index (χ4v) is 2.68. The molecule has 0 saturated carbocycles. The summed E-state index contributed by atoms with van der Waals surface area (Å²) in [6, 6.07) is 4.48. The van der Waals surface area contributed by atoms with E-state index in [0.29, 0.717) is 5.75 Å². The summed E-state index contributed by atoms with van der Waals surface area (Å²) in [5.74, 6) is -0.0778. The van der Waals surface area contributed by atoms with Crippen LogP contribution in [-0.2, 0) is 4.79 Å². The van der Waals surface area contributed by atoms with Gasteiger partial charge in [-0.25, -0.2) is 0 Å². The highest BCUT2D eigenvalue weighted by atomic mass is 19.4. The van der Waals surface area contributed by atoms with Gasteiger partial charge in [0.15, 0.2) is 0 Å². The molecule has 0 aliphatic carbocycles. The maximum absolute atomic E-state index is 13.3. The van der Waals surface area contributed by atoms with Crippen LogP contribution in [0.3, 0.4) is 0 Å². The van der Waals surface area contributed by atoms with Gasteiger partial charge in [-0.15, -0.1) is 0 Å². The third-order valence-electron chi connectivity index (χ3n) is 3.59. The molecule has 2 aliphatic rings. The van der Waals surface area contributed by atoms with Crippen molar-refractivity contribution in [2.24, 2.45) is 0 Å². The average Bonchev–Trinajstić information content (AvgIpc) is 2.84. The van der Waals surface area contributed by atoms with Crippen LogP contribution in [0.25, 0.3) is 0 Å². The first kappa shape index (κ1) is 12.1. The molecule has 1 amide bonds. The Kier molecular flexibility index (Phi) is 2.27. The first-order valence-corrected chi connectivity index (χ1v) is 5.75. The van der Waals surface area contributed by atoms with Crippen molar-refractivity contribution in [3.05, 3.63) is 18.2 Å². The lowest BCUT2D eigenvalue weighted by atomic mass is 10.1. The molecule has 4 nitrogen and oxygen atoms in total. The van der Waals surface area contributed by atoms with E-state index in [-0.39, 0.29) is 24.2 Å². The zero-order valence-electron chi connectivity index (χ0n) is 10.0. The number of carbonyl (C=O) groups excluding carboxylic acids is 1. The van der Waals surface area contributed by atoms with Crippen molar-refractivity contribution in [2.75, 3.05) is 17.3 Å². The van der Waals surface area contributed by atoms with Gasteiger partial charge in [-0.2, -0.15) is 13.2 Å². The Morgan fingerprint density at radius 2 is 2.16 bits per heavy atom. The molecular weight excluding hydrogens is 261 g/mol. The maximum Gasteiger partial charge on any atom is 0.430 e. The highest BCUT2D eigenvalue weighted by Gasteiger charge is 2.66. The summed E-state index contributed by atoms with van der Waals surface area (Å²) in [6.07, 6.45) is -4.93. The molecule has 19 heavy (non-hydrogen) atoms. The summed E-state index contributed by atoms with van der Waals surface area (Å²) in [4.78, 5) is 12.6. The number of fused-ring (bicyclic) bond motifs is 3. The molecule has 1 unspecified atom stereocenters. The van der Waals surface area contributed by atoms with Gasteiger partial charge < -0.3 is 10.1 Å². The number of ether oxygens (including phenoxy) is 1. The quantitative estimate of drug-likeness (QED) is 0.854. The number of methoxy groups -OCH3 is 1. The number of rotatable bonds is 1. The molecule has 2 heterocycles. The van der Waals surface area contributed by atoms with Gasteiger partial charge in [0.05, 0.1) is 18.5 Å². The van der Waals surface area contributed by atoms with E-state index < -0.39 is 17.7 Å². The number of hydrogen-bond acceptors (Lipinski definition) is 3. The van der Waals surface area contributed by atoms with E-state index in [2.05, 4.69) is 5.32 Å². The van der Waals surface area contributed by atoms with E-state index in [4.69, 9.17) is 4.74 Å². The van der Waals surface area contributed by atoms with Gasteiger partial charge in [0.2, 0.25) is 11.6 Å². The topological polar surface area (TPSA) is 41.6 Å². The van der Waals surface area contributed by atoms with Gasteiger partial charge in [0.1, 0.15) is 5.75 Å².